The molecule has 0 spiro atoms. The van der Waals surface area contributed by atoms with Crippen molar-refractivity contribution < 1.29 is 20.1 Å². The minimum atomic E-state index is -1.76. The van der Waals surface area contributed by atoms with Gasteiger partial charge in [0.05, 0.1) is 0 Å². The van der Waals surface area contributed by atoms with Crippen molar-refractivity contribution >= 4 is 17.6 Å². The van der Waals surface area contributed by atoms with Gasteiger partial charge in [-0.2, -0.15) is 0 Å². The molecule has 1 atom stereocenters. The van der Waals surface area contributed by atoms with Crippen LogP contribution in [0, 0.1) is 13.8 Å². The summed E-state index contributed by atoms with van der Waals surface area (Å²) in [7, 11) is 0. The molecule has 5 heteroatoms. The zero-order valence-corrected chi connectivity index (χ0v) is 9.04. The number of aliphatic hydroxyl groups excluding tert-OH is 1. The minimum absolute atomic E-state index is 0.0486. The number of carbonyl (C=O) groups is 1. The first kappa shape index (κ1) is 11.8. The summed E-state index contributed by atoms with van der Waals surface area (Å²) in [5.74, 6) is -1.65. The normalized spacial score (nSPS) is 12.5. The first-order valence-electron chi connectivity index (χ1n) is 4.25. The van der Waals surface area contributed by atoms with Crippen molar-refractivity contribution in [2.45, 2.75) is 20.0 Å². The Hall–Kier alpha value is -1.26. The number of phenolic OH excluding ortho intramolecular Hbond substituents is 1. The van der Waals surface area contributed by atoms with E-state index in [1.165, 1.54) is 6.07 Å². The molecule has 0 aliphatic rings. The highest BCUT2D eigenvalue weighted by Crippen LogP contribution is 2.35. The Morgan fingerprint density at radius 3 is 2.47 bits per heavy atom. The summed E-state index contributed by atoms with van der Waals surface area (Å²) in [5.41, 5.74) is 0.753. The zero-order valence-electron chi connectivity index (χ0n) is 8.28. The standard InChI is InChI=1S/C10H11ClO4/c1-4-3-6(11)5(2)7(8(4)12)9(13)10(14)15/h3,9,12-13H,1-2H3,(H,14,15). The van der Waals surface area contributed by atoms with Crippen LogP contribution in [0.15, 0.2) is 6.07 Å². The number of rotatable bonds is 2. The Labute approximate surface area is 91.7 Å². The predicted octanol–water partition coefficient (Wildman–Crippen LogP) is 1.78. The van der Waals surface area contributed by atoms with Gasteiger partial charge in [-0.25, -0.2) is 4.79 Å². The van der Waals surface area contributed by atoms with Gasteiger partial charge in [-0.1, -0.05) is 11.6 Å². The monoisotopic (exact) mass is 230 g/mol. The van der Waals surface area contributed by atoms with E-state index >= 15 is 0 Å². The smallest absolute Gasteiger partial charge is 0.337 e. The number of aliphatic carboxylic acids is 1. The number of aryl methyl sites for hydroxylation is 1. The maximum atomic E-state index is 10.6. The van der Waals surface area contributed by atoms with E-state index in [0.717, 1.165) is 0 Å². The van der Waals surface area contributed by atoms with Crippen molar-refractivity contribution in [1.29, 1.82) is 0 Å². The van der Waals surface area contributed by atoms with Crippen LogP contribution in [0.1, 0.15) is 22.8 Å². The predicted molar refractivity (Wildman–Crippen MR) is 55.2 cm³/mol. The molecule has 82 valence electrons. The highest BCUT2D eigenvalue weighted by Gasteiger charge is 2.24. The molecule has 0 radical (unpaired) electrons. The van der Waals surface area contributed by atoms with Crippen LogP contribution in [0.3, 0.4) is 0 Å². The second kappa shape index (κ2) is 4.08. The van der Waals surface area contributed by atoms with Gasteiger partial charge in [-0.3, -0.25) is 0 Å². The van der Waals surface area contributed by atoms with Crippen LogP contribution in [0.25, 0.3) is 0 Å². The van der Waals surface area contributed by atoms with Crippen LogP contribution in [-0.2, 0) is 4.79 Å². The molecule has 0 fully saturated rings. The van der Waals surface area contributed by atoms with E-state index in [2.05, 4.69) is 0 Å². The highest BCUT2D eigenvalue weighted by atomic mass is 35.5. The van der Waals surface area contributed by atoms with E-state index in [4.69, 9.17) is 16.7 Å². The first-order chi connectivity index (χ1) is 6.86. The third kappa shape index (κ3) is 2.06. The van der Waals surface area contributed by atoms with Crippen molar-refractivity contribution in [2.24, 2.45) is 0 Å². The summed E-state index contributed by atoms with van der Waals surface area (Å²) < 4.78 is 0. The van der Waals surface area contributed by atoms with E-state index in [1.54, 1.807) is 13.8 Å². The lowest BCUT2D eigenvalue weighted by atomic mass is 9.99. The maximum Gasteiger partial charge on any atom is 0.337 e. The van der Waals surface area contributed by atoms with Crippen LogP contribution in [0.5, 0.6) is 5.75 Å². The van der Waals surface area contributed by atoms with Gasteiger partial charge in [0.25, 0.3) is 0 Å². The fourth-order valence-electron chi connectivity index (χ4n) is 1.34. The van der Waals surface area contributed by atoms with Crippen molar-refractivity contribution in [1.82, 2.24) is 0 Å². The average Bonchev–Trinajstić information content (AvgIpc) is 2.15. The molecular formula is C10H11ClO4. The number of hydrogen-bond acceptors (Lipinski definition) is 3. The fraction of sp³-hybridized carbons (Fsp3) is 0.300. The van der Waals surface area contributed by atoms with Crippen molar-refractivity contribution in [3.8, 4) is 5.75 Å². The summed E-state index contributed by atoms with van der Waals surface area (Å²) in [5, 5.41) is 28.0. The molecule has 0 aliphatic carbocycles. The van der Waals surface area contributed by atoms with Gasteiger partial charge in [0.15, 0.2) is 6.10 Å². The molecular weight excluding hydrogens is 220 g/mol. The van der Waals surface area contributed by atoms with Gasteiger partial charge in [0.1, 0.15) is 5.75 Å². The van der Waals surface area contributed by atoms with Gasteiger partial charge in [0, 0.05) is 10.6 Å². The fourth-order valence-corrected chi connectivity index (χ4v) is 1.61. The average molecular weight is 231 g/mol. The number of benzene rings is 1. The molecule has 0 saturated carbocycles. The topological polar surface area (TPSA) is 77.8 Å². The number of aliphatic hydroxyl groups is 1. The first-order valence-corrected chi connectivity index (χ1v) is 4.63. The molecule has 1 aromatic rings. The number of carboxylic acids is 1. The molecule has 1 aromatic carbocycles. The van der Waals surface area contributed by atoms with Gasteiger partial charge in [0.2, 0.25) is 0 Å². The molecule has 0 aliphatic heterocycles. The Morgan fingerprint density at radius 2 is 2.00 bits per heavy atom. The largest absolute Gasteiger partial charge is 0.507 e. The third-order valence-corrected chi connectivity index (χ3v) is 2.63. The molecule has 0 bridgehead atoms. The molecule has 15 heavy (non-hydrogen) atoms. The second-order valence-corrected chi connectivity index (χ2v) is 3.71. The van der Waals surface area contributed by atoms with E-state index < -0.39 is 12.1 Å². The lowest BCUT2D eigenvalue weighted by Crippen LogP contribution is -2.12. The van der Waals surface area contributed by atoms with Crippen LogP contribution in [0.4, 0.5) is 0 Å². The SMILES string of the molecule is Cc1cc(Cl)c(C)c(C(O)C(=O)O)c1O. The number of phenols is 1. The zero-order chi connectivity index (χ0) is 11.7. The molecule has 1 rings (SSSR count). The molecule has 0 amide bonds. The number of aromatic hydroxyl groups is 1. The Morgan fingerprint density at radius 1 is 1.47 bits per heavy atom. The Bertz CT molecular complexity index is 388. The molecule has 3 N–H and O–H groups in total. The quantitative estimate of drug-likeness (QED) is 0.724. The minimum Gasteiger partial charge on any atom is -0.507 e. The van der Waals surface area contributed by atoms with Gasteiger partial charge in [-0.15, -0.1) is 0 Å². The molecule has 4 nitrogen and oxygen atoms in total. The number of hydrogen-bond donors (Lipinski definition) is 3. The second-order valence-electron chi connectivity index (χ2n) is 3.30. The van der Waals surface area contributed by atoms with Crippen LogP contribution >= 0.6 is 11.6 Å². The van der Waals surface area contributed by atoms with Crippen LogP contribution in [-0.4, -0.2) is 21.3 Å². The van der Waals surface area contributed by atoms with Gasteiger partial charge < -0.3 is 15.3 Å². The molecule has 1 unspecified atom stereocenters. The Balaban J connectivity index is 3.45. The van der Waals surface area contributed by atoms with Crippen molar-refractivity contribution in [2.75, 3.05) is 0 Å². The Kier molecular flexibility index (Phi) is 3.21. The number of halogens is 1. The lowest BCUT2D eigenvalue weighted by molar-refractivity contribution is -0.147. The van der Waals surface area contributed by atoms with E-state index in [9.17, 15) is 15.0 Å². The molecule has 0 saturated heterocycles. The van der Waals surface area contributed by atoms with E-state index in [-0.39, 0.29) is 11.3 Å². The van der Waals surface area contributed by atoms with Crippen LogP contribution in [0.2, 0.25) is 5.02 Å². The molecule has 0 aromatic heterocycles. The summed E-state index contributed by atoms with van der Waals surface area (Å²) in [6.07, 6.45) is -1.76. The van der Waals surface area contributed by atoms with Gasteiger partial charge >= 0.3 is 5.97 Å². The van der Waals surface area contributed by atoms with E-state index in [1.807, 2.05) is 0 Å². The molecule has 0 heterocycles. The summed E-state index contributed by atoms with van der Waals surface area (Å²) in [6, 6.07) is 1.52. The maximum absolute atomic E-state index is 10.6. The summed E-state index contributed by atoms with van der Waals surface area (Å²) in [6.45, 7) is 3.13. The van der Waals surface area contributed by atoms with Crippen LogP contribution < -0.4 is 0 Å². The number of carboxylic acid groups (broad SMARTS) is 1. The summed E-state index contributed by atoms with van der Waals surface area (Å²) in [4.78, 5) is 10.6. The van der Waals surface area contributed by atoms with Crippen molar-refractivity contribution in [3.63, 3.8) is 0 Å². The summed E-state index contributed by atoms with van der Waals surface area (Å²) >= 11 is 5.82. The van der Waals surface area contributed by atoms with Gasteiger partial charge in [-0.05, 0) is 31.0 Å². The van der Waals surface area contributed by atoms with E-state index in [0.29, 0.717) is 16.1 Å². The van der Waals surface area contributed by atoms with Crippen molar-refractivity contribution in [3.05, 3.63) is 27.8 Å². The lowest BCUT2D eigenvalue weighted by Gasteiger charge is -2.14. The third-order valence-electron chi connectivity index (χ3n) is 2.24. The highest BCUT2D eigenvalue weighted by molar-refractivity contribution is 6.31.